The quantitative estimate of drug-likeness (QED) is 0.586. The average molecular weight is 323 g/mol. The fraction of sp³-hybridized carbons (Fsp3) is 0.455. The SMILES string of the molecule is CCC(CCO)NS(=O)(=O)c1ccc(Cl)c([N+](=O)[O-])c1. The van der Waals surface area contributed by atoms with E-state index in [1.807, 2.05) is 0 Å². The van der Waals surface area contributed by atoms with E-state index >= 15 is 0 Å². The van der Waals surface area contributed by atoms with Gasteiger partial charge in [-0.3, -0.25) is 10.1 Å². The number of nitrogens with zero attached hydrogens (tertiary/aromatic N) is 1. The van der Waals surface area contributed by atoms with Crippen molar-refractivity contribution in [3.05, 3.63) is 33.3 Å². The van der Waals surface area contributed by atoms with Crippen molar-refractivity contribution in [1.82, 2.24) is 4.72 Å². The minimum absolute atomic E-state index is 0.128. The number of aliphatic hydroxyl groups is 1. The number of hydrogen-bond acceptors (Lipinski definition) is 5. The average Bonchev–Trinajstić information content (AvgIpc) is 2.37. The Morgan fingerprint density at radius 3 is 2.65 bits per heavy atom. The van der Waals surface area contributed by atoms with E-state index in [0.717, 1.165) is 6.07 Å². The lowest BCUT2D eigenvalue weighted by molar-refractivity contribution is -0.384. The Labute approximate surface area is 121 Å². The van der Waals surface area contributed by atoms with Gasteiger partial charge in [-0.2, -0.15) is 0 Å². The first kappa shape index (κ1) is 16.8. The van der Waals surface area contributed by atoms with E-state index in [-0.39, 0.29) is 22.9 Å². The molecule has 1 aromatic carbocycles. The summed E-state index contributed by atoms with van der Waals surface area (Å²) in [6, 6.07) is 2.85. The monoisotopic (exact) mass is 322 g/mol. The third-order valence-electron chi connectivity index (χ3n) is 2.72. The smallest absolute Gasteiger partial charge is 0.289 e. The molecular formula is C11H15ClN2O5S. The minimum Gasteiger partial charge on any atom is -0.396 e. The maximum atomic E-state index is 12.1. The van der Waals surface area contributed by atoms with Crippen LogP contribution in [-0.2, 0) is 10.0 Å². The highest BCUT2D eigenvalue weighted by molar-refractivity contribution is 7.89. The second kappa shape index (κ2) is 6.98. The van der Waals surface area contributed by atoms with Crippen LogP contribution in [0.3, 0.4) is 0 Å². The van der Waals surface area contributed by atoms with Gasteiger partial charge in [-0.1, -0.05) is 18.5 Å². The molecule has 1 rings (SSSR count). The highest BCUT2D eigenvalue weighted by atomic mass is 35.5. The predicted octanol–water partition coefficient (Wildman–Crippen LogP) is 1.69. The third-order valence-corrected chi connectivity index (χ3v) is 4.55. The normalized spacial score (nSPS) is 13.2. The molecule has 0 spiro atoms. The van der Waals surface area contributed by atoms with Crippen LogP contribution in [0.2, 0.25) is 5.02 Å². The lowest BCUT2D eigenvalue weighted by atomic mass is 10.2. The zero-order valence-electron chi connectivity index (χ0n) is 10.7. The molecule has 0 fully saturated rings. The van der Waals surface area contributed by atoms with Crippen molar-refractivity contribution in [3.8, 4) is 0 Å². The fourth-order valence-corrected chi connectivity index (χ4v) is 3.15. The van der Waals surface area contributed by atoms with E-state index in [1.165, 1.54) is 12.1 Å². The number of benzene rings is 1. The number of rotatable bonds is 7. The van der Waals surface area contributed by atoms with Gasteiger partial charge in [-0.05, 0) is 25.0 Å². The number of nitro groups is 1. The van der Waals surface area contributed by atoms with Crippen molar-refractivity contribution < 1.29 is 18.4 Å². The zero-order chi connectivity index (χ0) is 15.3. The molecular weight excluding hydrogens is 308 g/mol. The molecule has 0 radical (unpaired) electrons. The second-order valence-electron chi connectivity index (χ2n) is 4.11. The lowest BCUT2D eigenvalue weighted by Crippen LogP contribution is -2.35. The molecule has 0 aromatic heterocycles. The van der Waals surface area contributed by atoms with Crippen molar-refractivity contribution >= 4 is 27.3 Å². The Kier molecular flexibility index (Phi) is 5.88. The summed E-state index contributed by atoms with van der Waals surface area (Å²) in [5.74, 6) is 0. The van der Waals surface area contributed by atoms with E-state index in [4.69, 9.17) is 16.7 Å². The molecule has 112 valence electrons. The van der Waals surface area contributed by atoms with Crippen molar-refractivity contribution in [3.63, 3.8) is 0 Å². The molecule has 0 bridgehead atoms. The van der Waals surface area contributed by atoms with Gasteiger partial charge in [0.05, 0.1) is 9.82 Å². The van der Waals surface area contributed by atoms with E-state index in [2.05, 4.69) is 4.72 Å². The molecule has 1 aromatic rings. The maximum Gasteiger partial charge on any atom is 0.289 e. The van der Waals surface area contributed by atoms with Gasteiger partial charge >= 0.3 is 0 Å². The minimum atomic E-state index is -3.89. The van der Waals surface area contributed by atoms with Crippen LogP contribution in [0.25, 0.3) is 0 Å². The molecule has 2 N–H and O–H groups in total. The summed E-state index contributed by atoms with van der Waals surface area (Å²) in [5, 5.41) is 19.5. The van der Waals surface area contributed by atoms with Gasteiger partial charge in [-0.25, -0.2) is 13.1 Å². The Morgan fingerprint density at radius 2 is 2.15 bits per heavy atom. The second-order valence-corrected chi connectivity index (χ2v) is 6.23. The maximum absolute atomic E-state index is 12.1. The molecule has 0 aliphatic rings. The topological polar surface area (TPSA) is 110 Å². The first-order valence-electron chi connectivity index (χ1n) is 5.89. The molecule has 20 heavy (non-hydrogen) atoms. The van der Waals surface area contributed by atoms with Gasteiger partial charge in [-0.15, -0.1) is 0 Å². The molecule has 0 saturated heterocycles. The van der Waals surface area contributed by atoms with Gasteiger partial charge in [0.2, 0.25) is 10.0 Å². The number of aliphatic hydroxyl groups excluding tert-OH is 1. The summed E-state index contributed by atoms with van der Waals surface area (Å²) in [7, 11) is -3.89. The predicted molar refractivity (Wildman–Crippen MR) is 74.2 cm³/mol. The molecule has 1 unspecified atom stereocenters. The van der Waals surface area contributed by atoms with Crippen LogP contribution < -0.4 is 4.72 Å². The number of nitro benzene ring substituents is 1. The summed E-state index contributed by atoms with van der Waals surface area (Å²) >= 11 is 5.63. The summed E-state index contributed by atoms with van der Waals surface area (Å²) in [4.78, 5) is 9.78. The first-order chi connectivity index (χ1) is 9.31. The zero-order valence-corrected chi connectivity index (χ0v) is 12.3. The fourth-order valence-electron chi connectivity index (χ4n) is 1.59. The van der Waals surface area contributed by atoms with E-state index in [0.29, 0.717) is 6.42 Å². The van der Waals surface area contributed by atoms with Crippen LogP contribution >= 0.6 is 11.6 Å². The van der Waals surface area contributed by atoms with Crippen molar-refractivity contribution in [2.75, 3.05) is 6.61 Å². The van der Waals surface area contributed by atoms with Crippen LogP contribution in [0.4, 0.5) is 5.69 Å². The molecule has 0 aliphatic carbocycles. The highest BCUT2D eigenvalue weighted by Gasteiger charge is 2.22. The van der Waals surface area contributed by atoms with Gasteiger partial charge in [0, 0.05) is 18.7 Å². The summed E-state index contributed by atoms with van der Waals surface area (Å²) in [6.07, 6.45) is 0.765. The van der Waals surface area contributed by atoms with Crippen molar-refractivity contribution in [1.29, 1.82) is 0 Å². The van der Waals surface area contributed by atoms with Gasteiger partial charge in [0.25, 0.3) is 5.69 Å². The Bertz CT molecular complexity index is 590. The Balaban J connectivity index is 3.09. The molecule has 0 aliphatic heterocycles. The lowest BCUT2D eigenvalue weighted by Gasteiger charge is -2.15. The molecule has 0 amide bonds. The first-order valence-corrected chi connectivity index (χ1v) is 7.75. The molecule has 0 heterocycles. The summed E-state index contributed by atoms with van der Waals surface area (Å²) in [6.45, 7) is 1.62. The molecule has 1 atom stereocenters. The van der Waals surface area contributed by atoms with E-state index < -0.39 is 26.7 Å². The van der Waals surface area contributed by atoms with Crippen molar-refractivity contribution in [2.24, 2.45) is 0 Å². The van der Waals surface area contributed by atoms with Crippen molar-refractivity contribution in [2.45, 2.75) is 30.7 Å². The largest absolute Gasteiger partial charge is 0.396 e. The van der Waals surface area contributed by atoms with Crippen LogP contribution in [0, 0.1) is 10.1 Å². The van der Waals surface area contributed by atoms with Gasteiger partial charge < -0.3 is 5.11 Å². The highest BCUT2D eigenvalue weighted by Crippen LogP contribution is 2.27. The van der Waals surface area contributed by atoms with Crippen LogP contribution in [0.1, 0.15) is 19.8 Å². The summed E-state index contributed by atoms with van der Waals surface area (Å²) in [5.41, 5.74) is -0.468. The number of nitrogens with one attached hydrogen (secondary N) is 1. The summed E-state index contributed by atoms with van der Waals surface area (Å²) < 4.78 is 26.6. The van der Waals surface area contributed by atoms with E-state index in [9.17, 15) is 18.5 Å². The standard InChI is InChI=1S/C11H15ClN2O5S/c1-2-8(5-6-15)13-20(18,19)9-3-4-10(12)11(7-9)14(16)17/h3-4,7-8,13,15H,2,5-6H2,1H3. The Hall–Kier alpha value is -1.22. The van der Waals surface area contributed by atoms with Crippen LogP contribution in [0.15, 0.2) is 23.1 Å². The molecule has 0 saturated carbocycles. The number of sulfonamides is 1. The van der Waals surface area contributed by atoms with Crippen LogP contribution in [0.5, 0.6) is 0 Å². The number of halogens is 1. The van der Waals surface area contributed by atoms with Gasteiger partial charge in [0.1, 0.15) is 5.02 Å². The number of hydrogen-bond donors (Lipinski definition) is 2. The molecule has 9 heteroatoms. The molecule has 7 nitrogen and oxygen atoms in total. The van der Waals surface area contributed by atoms with E-state index in [1.54, 1.807) is 6.92 Å². The van der Waals surface area contributed by atoms with Crippen LogP contribution in [-0.4, -0.2) is 31.1 Å². The third kappa shape index (κ3) is 4.14. The Morgan fingerprint density at radius 1 is 1.50 bits per heavy atom. The van der Waals surface area contributed by atoms with Gasteiger partial charge in [0.15, 0.2) is 0 Å².